The van der Waals surface area contributed by atoms with Gasteiger partial charge in [-0.05, 0) is 67.9 Å². The quantitative estimate of drug-likeness (QED) is 0.364. The van der Waals surface area contributed by atoms with Crippen LogP contribution in [-0.4, -0.2) is 25.8 Å². The monoisotopic (exact) mass is 499 g/mol. The molecule has 0 bridgehead atoms. The van der Waals surface area contributed by atoms with E-state index in [1.165, 1.54) is 17.2 Å². The van der Waals surface area contributed by atoms with Gasteiger partial charge in [-0.15, -0.1) is 0 Å². The van der Waals surface area contributed by atoms with E-state index in [-0.39, 0.29) is 12.5 Å². The third kappa shape index (κ3) is 5.35. The van der Waals surface area contributed by atoms with E-state index in [1.54, 1.807) is 37.3 Å². The lowest BCUT2D eigenvalue weighted by molar-refractivity contribution is -0.137. The van der Waals surface area contributed by atoms with Crippen molar-refractivity contribution >= 4 is 34.2 Å². The lowest BCUT2D eigenvalue weighted by Crippen LogP contribution is -2.34. The number of carbonyl (C=O) groups is 1. The summed E-state index contributed by atoms with van der Waals surface area (Å²) in [7, 11) is 0. The summed E-state index contributed by atoms with van der Waals surface area (Å²) in [5.41, 5.74) is 7.72. The maximum Gasteiger partial charge on any atom is 0.417 e. The Morgan fingerprint density at radius 3 is 2.49 bits per heavy atom. The van der Waals surface area contributed by atoms with Gasteiger partial charge in [-0.25, -0.2) is 4.98 Å². The van der Waals surface area contributed by atoms with Gasteiger partial charge in [0.15, 0.2) is 0 Å². The van der Waals surface area contributed by atoms with Crippen LogP contribution in [-0.2, 0) is 12.7 Å². The average Bonchev–Trinajstić information content (AvgIpc) is 2.82. The number of rotatable bonds is 5. The summed E-state index contributed by atoms with van der Waals surface area (Å²) in [6.07, 6.45) is -2.26. The number of hydrogen-bond acceptors (Lipinski definition) is 5. The molecule has 0 aliphatic heterocycles. The molecule has 35 heavy (non-hydrogen) atoms. The zero-order valence-electron chi connectivity index (χ0n) is 18.8. The SMILES string of the molecule is Cc1cc2cc(C(=O)N(Cc3ccc(C(F)(F)F)cn3)C(C)c3ccc(Cl)cn3)ccc2nc1N. The number of halogens is 4. The smallest absolute Gasteiger partial charge is 0.383 e. The molecular formula is C25H21ClF3N5O. The highest BCUT2D eigenvalue weighted by molar-refractivity contribution is 6.30. The van der Waals surface area contributed by atoms with Crippen molar-refractivity contribution in [3.8, 4) is 0 Å². The number of alkyl halides is 3. The molecule has 0 saturated carbocycles. The summed E-state index contributed by atoms with van der Waals surface area (Å²) in [5, 5.41) is 1.19. The maximum absolute atomic E-state index is 13.7. The van der Waals surface area contributed by atoms with E-state index in [0.29, 0.717) is 33.3 Å². The van der Waals surface area contributed by atoms with Crippen LogP contribution in [0.25, 0.3) is 10.9 Å². The van der Waals surface area contributed by atoms with Crippen LogP contribution in [0.5, 0.6) is 0 Å². The molecule has 4 rings (SSSR count). The topological polar surface area (TPSA) is 85.0 Å². The first-order valence-electron chi connectivity index (χ1n) is 10.6. The molecule has 1 amide bonds. The molecule has 0 saturated heterocycles. The minimum Gasteiger partial charge on any atom is -0.383 e. The van der Waals surface area contributed by atoms with Crippen molar-refractivity contribution in [3.05, 3.63) is 94.0 Å². The minimum absolute atomic E-state index is 0.0283. The summed E-state index contributed by atoms with van der Waals surface area (Å²) < 4.78 is 38.9. The third-order valence-electron chi connectivity index (χ3n) is 5.68. The zero-order chi connectivity index (χ0) is 25.3. The van der Waals surface area contributed by atoms with E-state index in [1.807, 2.05) is 13.0 Å². The number of pyridine rings is 3. The van der Waals surface area contributed by atoms with Gasteiger partial charge >= 0.3 is 6.18 Å². The largest absolute Gasteiger partial charge is 0.417 e. The molecule has 1 atom stereocenters. The van der Waals surface area contributed by atoms with Crippen LogP contribution in [0, 0.1) is 6.92 Å². The number of hydrogen-bond donors (Lipinski definition) is 1. The van der Waals surface area contributed by atoms with Crippen molar-refractivity contribution in [2.75, 3.05) is 5.73 Å². The third-order valence-corrected chi connectivity index (χ3v) is 5.91. The molecule has 0 fully saturated rings. The van der Waals surface area contributed by atoms with Crippen LogP contribution in [0.1, 0.15) is 45.8 Å². The summed E-state index contributed by atoms with van der Waals surface area (Å²) in [4.78, 5) is 27.8. The molecule has 0 spiro atoms. The molecule has 10 heteroatoms. The molecule has 6 nitrogen and oxygen atoms in total. The van der Waals surface area contributed by atoms with Crippen molar-refractivity contribution < 1.29 is 18.0 Å². The van der Waals surface area contributed by atoms with Crippen molar-refractivity contribution in [3.63, 3.8) is 0 Å². The van der Waals surface area contributed by atoms with Crippen LogP contribution in [0.15, 0.2) is 60.9 Å². The summed E-state index contributed by atoms with van der Waals surface area (Å²) >= 11 is 5.96. The van der Waals surface area contributed by atoms with Crippen molar-refractivity contribution in [2.45, 2.75) is 32.6 Å². The number of aryl methyl sites for hydroxylation is 1. The zero-order valence-corrected chi connectivity index (χ0v) is 19.6. The first-order valence-corrected chi connectivity index (χ1v) is 11.0. The molecule has 0 aliphatic carbocycles. The first-order chi connectivity index (χ1) is 16.5. The standard InChI is InChI=1S/C25H21ClF3N5O/c1-14-9-17-10-16(3-7-22(17)33-23(14)30)24(35)34(15(2)21-8-5-19(26)12-32-21)13-20-6-4-18(11-31-20)25(27,28)29/h3-12,15H,13H2,1-2H3,(H2,30,33). The molecule has 3 heterocycles. The van der Waals surface area contributed by atoms with E-state index in [0.717, 1.165) is 23.2 Å². The summed E-state index contributed by atoms with van der Waals surface area (Å²) in [5.74, 6) is 0.0707. The van der Waals surface area contributed by atoms with Gasteiger partial charge in [-0.1, -0.05) is 11.6 Å². The second-order valence-electron chi connectivity index (χ2n) is 8.14. The molecule has 4 aromatic rings. The number of carbonyl (C=O) groups excluding carboxylic acids is 1. The highest BCUT2D eigenvalue weighted by Gasteiger charge is 2.31. The molecule has 180 valence electrons. The predicted molar refractivity (Wildman–Crippen MR) is 128 cm³/mol. The van der Waals surface area contributed by atoms with Gasteiger partial charge in [-0.2, -0.15) is 13.2 Å². The van der Waals surface area contributed by atoms with Crippen LogP contribution in [0.2, 0.25) is 5.02 Å². The number of amides is 1. The number of fused-ring (bicyclic) bond motifs is 1. The van der Waals surface area contributed by atoms with Gasteiger partial charge in [0.2, 0.25) is 0 Å². The van der Waals surface area contributed by atoms with Gasteiger partial charge in [-0.3, -0.25) is 14.8 Å². The molecule has 3 aromatic heterocycles. The lowest BCUT2D eigenvalue weighted by Gasteiger charge is -2.29. The van der Waals surface area contributed by atoms with Gasteiger partial charge in [0.1, 0.15) is 5.82 Å². The van der Waals surface area contributed by atoms with Gasteiger partial charge in [0, 0.05) is 23.3 Å². The number of nitrogens with two attached hydrogens (primary N) is 1. The van der Waals surface area contributed by atoms with E-state index in [9.17, 15) is 18.0 Å². The number of benzene rings is 1. The van der Waals surface area contributed by atoms with Gasteiger partial charge in [0.25, 0.3) is 5.91 Å². The number of anilines is 1. The van der Waals surface area contributed by atoms with Crippen LogP contribution in [0.4, 0.5) is 19.0 Å². The summed E-state index contributed by atoms with van der Waals surface area (Å²) in [6, 6.07) is 12.0. The molecule has 1 unspecified atom stereocenters. The molecule has 0 aliphatic rings. The number of nitrogen functional groups attached to an aromatic ring is 1. The van der Waals surface area contributed by atoms with Crippen molar-refractivity contribution in [1.82, 2.24) is 19.9 Å². The van der Waals surface area contributed by atoms with E-state index in [2.05, 4.69) is 15.0 Å². The predicted octanol–water partition coefficient (Wildman–Crippen LogP) is 5.99. The summed E-state index contributed by atoms with van der Waals surface area (Å²) in [6.45, 7) is 3.58. The fourth-order valence-corrected chi connectivity index (χ4v) is 3.75. The second-order valence-corrected chi connectivity index (χ2v) is 8.58. The van der Waals surface area contributed by atoms with Crippen LogP contribution < -0.4 is 5.73 Å². The normalized spacial score (nSPS) is 12.5. The van der Waals surface area contributed by atoms with Crippen molar-refractivity contribution in [1.29, 1.82) is 0 Å². The Morgan fingerprint density at radius 2 is 1.86 bits per heavy atom. The van der Waals surface area contributed by atoms with Crippen LogP contribution in [0.3, 0.4) is 0 Å². The Hall–Kier alpha value is -3.72. The first kappa shape index (κ1) is 24.4. The average molecular weight is 500 g/mol. The lowest BCUT2D eigenvalue weighted by atomic mass is 10.1. The van der Waals surface area contributed by atoms with E-state index < -0.39 is 17.8 Å². The highest BCUT2D eigenvalue weighted by Crippen LogP contribution is 2.30. The molecule has 2 N–H and O–H groups in total. The molecular weight excluding hydrogens is 479 g/mol. The Morgan fingerprint density at radius 1 is 1.09 bits per heavy atom. The minimum atomic E-state index is -4.50. The van der Waals surface area contributed by atoms with E-state index >= 15 is 0 Å². The maximum atomic E-state index is 13.7. The second kappa shape index (κ2) is 9.50. The van der Waals surface area contributed by atoms with E-state index in [4.69, 9.17) is 17.3 Å². The van der Waals surface area contributed by atoms with Crippen LogP contribution >= 0.6 is 11.6 Å². The fraction of sp³-hybridized carbons (Fsp3) is 0.200. The highest BCUT2D eigenvalue weighted by atomic mass is 35.5. The molecule has 1 aromatic carbocycles. The Balaban J connectivity index is 1.71. The molecule has 0 radical (unpaired) electrons. The van der Waals surface area contributed by atoms with Crippen molar-refractivity contribution in [2.24, 2.45) is 0 Å². The Kier molecular flexibility index (Phi) is 6.62. The number of aromatic nitrogens is 3. The number of nitrogens with zero attached hydrogens (tertiary/aromatic N) is 4. The van der Waals surface area contributed by atoms with Gasteiger partial charge < -0.3 is 10.6 Å². The fourth-order valence-electron chi connectivity index (χ4n) is 3.63. The Bertz CT molecular complexity index is 1380. The Labute approximate surface area is 204 Å². The van der Waals surface area contributed by atoms with Gasteiger partial charge in [0.05, 0.1) is 40.1 Å².